The van der Waals surface area contributed by atoms with Gasteiger partial charge in [0.25, 0.3) is 0 Å². The number of benzene rings is 2. The van der Waals surface area contributed by atoms with Gasteiger partial charge in [0.1, 0.15) is 22.7 Å². The number of carboxylic acid groups (broad SMARTS) is 1. The van der Waals surface area contributed by atoms with Crippen molar-refractivity contribution in [3.05, 3.63) is 80.2 Å². The highest BCUT2D eigenvalue weighted by atomic mass is 35.5. The number of aromatic carboxylic acids is 1. The maximum Gasteiger partial charge on any atom is 0.337 e. The molecular weight excluding hydrogens is 626 g/mol. The minimum Gasteiger partial charge on any atom is -0.478 e. The van der Waals surface area contributed by atoms with Crippen molar-refractivity contribution in [2.24, 2.45) is 10.7 Å². The van der Waals surface area contributed by atoms with Gasteiger partial charge in [-0.15, -0.1) is 11.3 Å². The zero-order valence-corrected chi connectivity index (χ0v) is 27.2. The van der Waals surface area contributed by atoms with Gasteiger partial charge < -0.3 is 21.5 Å². The highest BCUT2D eigenvalue weighted by Crippen LogP contribution is 2.40. The Morgan fingerprint density at radius 3 is 2.52 bits per heavy atom. The molecule has 0 aliphatic carbocycles. The molecule has 238 valence electrons. The summed E-state index contributed by atoms with van der Waals surface area (Å²) in [5.41, 5.74) is 9.16. The van der Waals surface area contributed by atoms with Crippen LogP contribution in [0, 0.1) is 36.5 Å². The first-order valence-corrected chi connectivity index (χ1v) is 15.6. The molecule has 1 atom stereocenters. The van der Waals surface area contributed by atoms with E-state index in [9.17, 15) is 19.5 Å². The molecule has 2 heterocycles. The van der Waals surface area contributed by atoms with E-state index in [1.54, 1.807) is 25.1 Å². The monoisotopic (exact) mass is 659 g/mol. The topological polar surface area (TPSA) is 185 Å². The maximum absolute atomic E-state index is 13.1. The zero-order chi connectivity index (χ0) is 33.5. The molecule has 2 amide bonds. The molecule has 4 rings (SSSR count). The van der Waals surface area contributed by atoms with E-state index in [0.29, 0.717) is 34.3 Å². The first-order valence-electron chi connectivity index (χ1n) is 14.4. The number of carbonyl (C=O) groups is 3. The van der Waals surface area contributed by atoms with Crippen molar-refractivity contribution in [1.82, 2.24) is 5.32 Å². The summed E-state index contributed by atoms with van der Waals surface area (Å²) in [5.74, 6) is 3.69. The number of anilines is 2. The van der Waals surface area contributed by atoms with E-state index < -0.39 is 23.8 Å². The molecule has 0 unspecified atom stereocenters. The van der Waals surface area contributed by atoms with Gasteiger partial charge in [-0.05, 0) is 56.7 Å². The van der Waals surface area contributed by atoms with Gasteiger partial charge in [-0.1, -0.05) is 35.6 Å². The van der Waals surface area contributed by atoms with Gasteiger partial charge in [0, 0.05) is 58.2 Å². The normalized spacial score (nSPS) is 13.9. The summed E-state index contributed by atoms with van der Waals surface area (Å²) < 4.78 is 0. The second-order valence-corrected chi connectivity index (χ2v) is 12.2. The van der Waals surface area contributed by atoms with Crippen LogP contribution in [0.2, 0.25) is 5.02 Å². The predicted octanol–water partition coefficient (Wildman–Crippen LogP) is 4.95. The van der Waals surface area contributed by atoms with Crippen molar-refractivity contribution in [2.75, 3.05) is 23.3 Å². The number of carboxylic acids is 1. The lowest BCUT2D eigenvalue weighted by Crippen LogP contribution is -2.42. The fourth-order valence-corrected chi connectivity index (χ4v) is 6.16. The Kier molecular flexibility index (Phi) is 11.1. The van der Waals surface area contributed by atoms with Crippen molar-refractivity contribution >= 4 is 68.8 Å². The van der Waals surface area contributed by atoms with Gasteiger partial charge in [-0.3, -0.25) is 30.3 Å². The molecule has 0 spiro atoms. The number of rotatable bonds is 9. The number of amides is 2. The molecule has 3 aromatic rings. The molecule has 13 heteroatoms. The molecule has 7 N–H and O–H groups in total. The Labute approximate surface area is 275 Å². The van der Waals surface area contributed by atoms with Gasteiger partial charge in [0.15, 0.2) is 0 Å². The number of nitrogens with two attached hydrogens (primary N) is 1. The van der Waals surface area contributed by atoms with Gasteiger partial charge in [0.2, 0.25) is 11.8 Å². The maximum atomic E-state index is 13.1. The summed E-state index contributed by atoms with van der Waals surface area (Å²) >= 11 is 7.61. The standard InChI is InChI=1S/C33H34ClN7O4S/c1-18-19(2)46-32-29(18)30(22-7-10-23(34)11-8-22)40-26(31(37)41(32)20(3)36)17-28(43)38-15-13-27(42)39-24-12-9-21(6-4-5-14-35)25(16-24)33(44)45/h7-12,16,26,36-37H,5,13-15,17,35H2,1-3H3,(H,38,43)(H,39,42)(H,44,45)/t26-/m0/s1. The van der Waals surface area contributed by atoms with E-state index >= 15 is 0 Å². The number of nitrogens with one attached hydrogen (secondary N) is 4. The zero-order valence-electron chi connectivity index (χ0n) is 25.6. The van der Waals surface area contributed by atoms with E-state index in [1.807, 2.05) is 26.0 Å². The average Bonchev–Trinajstić information content (AvgIpc) is 3.22. The molecule has 0 bridgehead atoms. The van der Waals surface area contributed by atoms with E-state index in [4.69, 9.17) is 33.1 Å². The van der Waals surface area contributed by atoms with Crippen LogP contribution in [-0.4, -0.2) is 59.4 Å². The van der Waals surface area contributed by atoms with Crippen LogP contribution in [0.3, 0.4) is 0 Å². The average molecular weight is 660 g/mol. The second-order valence-electron chi connectivity index (χ2n) is 10.5. The quantitative estimate of drug-likeness (QED) is 0.107. The fraction of sp³-hybridized carbons (Fsp3) is 0.273. The number of hydrogen-bond acceptors (Lipinski definition) is 8. The Hall–Kier alpha value is -4.83. The molecule has 0 saturated carbocycles. The van der Waals surface area contributed by atoms with Crippen LogP contribution in [0.4, 0.5) is 10.7 Å². The van der Waals surface area contributed by atoms with Crippen molar-refractivity contribution in [3.63, 3.8) is 0 Å². The van der Waals surface area contributed by atoms with Crippen molar-refractivity contribution < 1.29 is 19.5 Å². The molecule has 0 fully saturated rings. The van der Waals surface area contributed by atoms with Crippen LogP contribution in [0.25, 0.3) is 0 Å². The summed E-state index contributed by atoms with van der Waals surface area (Å²) in [4.78, 5) is 44.9. The summed E-state index contributed by atoms with van der Waals surface area (Å²) in [6, 6.07) is 10.7. The van der Waals surface area contributed by atoms with Crippen molar-refractivity contribution in [3.8, 4) is 11.8 Å². The molecule has 11 nitrogen and oxygen atoms in total. The summed E-state index contributed by atoms with van der Waals surface area (Å²) in [7, 11) is 0. The third-order valence-electron chi connectivity index (χ3n) is 7.18. The van der Waals surface area contributed by atoms with E-state index in [0.717, 1.165) is 21.6 Å². The van der Waals surface area contributed by atoms with Crippen LogP contribution in [0.5, 0.6) is 0 Å². The van der Waals surface area contributed by atoms with Gasteiger partial charge in [-0.2, -0.15) is 0 Å². The smallest absolute Gasteiger partial charge is 0.337 e. The molecule has 46 heavy (non-hydrogen) atoms. The third-order valence-corrected chi connectivity index (χ3v) is 8.62. The van der Waals surface area contributed by atoms with Crippen LogP contribution in [-0.2, 0) is 9.59 Å². The molecule has 1 aliphatic heterocycles. The van der Waals surface area contributed by atoms with Gasteiger partial charge >= 0.3 is 5.97 Å². The highest BCUT2D eigenvalue weighted by molar-refractivity contribution is 7.17. The first-order chi connectivity index (χ1) is 21.9. The van der Waals surface area contributed by atoms with Crippen molar-refractivity contribution in [2.45, 2.75) is 46.1 Å². The summed E-state index contributed by atoms with van der Waals surface area (Å²) in [6.45, 7) is 5.91. The van der Waals surface area contributed by atoms with Gasteiger partial charge in [0.05, 0.1) is 17.7 Å². The third kappa shape index (κ3) is 7.87. The molecule has 1 aromatic heterocycles. The number of thiophene rings is 1. The molecule has 0 saturated heterocycles. The van der Waals surface area contributed by atoms with Gasteiger partial charge in [-0.25, -0.2) is 4.79 Å². The fourth-order valence-electron chi connectivity index (χ4n) is 4.81. The minimum absolute atomic E-state index is 0.00254. The van der Waals surface area contributed by atoms with Crippen molar-refractivity contribution in [1.29, 1.82) is 10.8 Å². The predicted molar refractivity (Wildman–Crippen MR) is 183 cm³/mol. The first kappa shape index (κ1) is 34.1. The number of hydrogen-bond donors (Lipinski definition) is 6. The molecular formula is C33H34ClN7O4S. The lowest BCUT2D eigenvalue weighted by atomic mass is 9.99. The number of amidine groups is 2. The number of halogens is 1. The Bertz CT molecular complexity index is 1800. The lowest BCUT2D eigenvalue weighted by molar-refractivity contribution is -0.121. The van der Waals surface area contributed by atoms with Crippen LogP contribution >= 0.6 is 22.9 Å². The highest BCUT2D eigenvalue weighted by Gasteiger charge is 2.34. The largest absolute Gasteiger partial charge is 0.478 e. The van der Waals surface area contributed by atoms with Crippen LogP contribution in [0.1, 0.15) is 63.7 Å². The molecule has 0 radical (unpaired) electrons. The lowest BCUT2D eigenvalue weighted by Gasteiger charge is -2.24. The van der Waals surface area contributed by atoms with Crippen LogP contribution in [0.15, 0.2) is 47.5 Å². The Balaban J connectivity index is 1.47. The minimum atomic E-state index is -1.18. The summed E-state index contributed by atoms with van der Waals surface area (Å²) in [6.07, 6.45) is 0.175. The summed E-state index contributed by atoms with van der Waals surface area (Å²) in [5, 5.41) is 33.7. The number of nitrogens with zero attached hydrogens (tertiary/aromatic N) is 2. The Morgan fingerprint density at radius 2 is 1.87 bits per heavy atom. The van der Waals surface area contributed by atoms with Crippen LogP contribution < -0.4 is 21.3 Å². The molecule has 1 aliphatic rings. The Morgan fingerprint density at radius 1 is 1.15 bits per heavy atom. The van der Waals surface area contributed by atoms with E-state index in [1.165, 1.54) is 28.4 Å². The van der Waals surface area contributed by atoms with E-state index in [2.05, 4.69) is 22.5 Å². The second kappa shape index (κ2) is 15.0. The number of aliphatic imine (C=N–C) groups is 1. The SMILES string of the molecule is CC(=N)N1C(=N)[C@H](CC(=O)NCCC(=O)Nc2ccc(C#CCCN)c(C(=O)O)c2)N=C(c2ccc(Cl)cc2)c2c1sc(C)c2C. The number of fused-ring (bicyclic) bond motifs is 1. The number of carbonyl (C=O) groups excluding carboxylic acids is 2. The number of aryl methyl sites for hydroxylation is 1. The molecule has 2 aromatic carbocycles. The van der Waals surface area contributed by atoms with E-state index in [-0.39, 0.29) is 42.3 Å².